The van der Waals surface area contributed by atoms with Crippen molar-refractivity contribution in [2.45, 2.75) is 37.4 Å². The number of amides is 1. The lowest BCUT2D eigenvalue weighted by Gasteiger charge is -2.35. The van der Waals surface area contributed by atoms with E-state index in [4.69, 9.17) is 4.52 Å². The minimum atomic E-state index is -0.0688. The van der Waals surface area contributed by atoms with Crippen LogP contribution in [0.15, 0.2) is 28.8 Å². The standard InChI is InChI=1S/C18H21N3O2S/c1-12-19-17(20-23-12)14-6-4-9-21(11-14)18(22)16-15-7-3-2-5-13(15)8-10-24-16/h2-3,5,7,14,16H,4,6,8-11H2,1H3. The maximum atomic E-state index is 13.1. The van der Waals surface area contributed by atoms with Crippen LogP contribution in [0.2, 0.25) is 0 Å². The van der Waals surface area contributed by atoms with Crippen LogP contribution in [0, 0.1) is 6.92 Å². The number of fused-ring (bicyclic) bond motifs is 1. The third-order valence-corrected chi connectivity index (χ3v) is 6.09. The molecule has 2 aliphatic heterocycles. The summed E-state index contributed by atoms with van der Waals surface area (Å²) in [5, 5.41) is 3.98. The first-order chi connectivity index (χ1) is 11.7. The molecule has 0 saturated carbocycles. The van der Waals surface area contributed by atoms with Gasteiger partial charge in [0.05, 0.1) is 0 Å². The molecule has 0 N–H and O–H groups in total. The minimum absolute atomic E-state index is 0.0688. The Morgan fingerprint density at radius 1 is 1.38 bits per heavy atom. The quantitative estimate of drug-likeness (QED) is 0.838. The van der Waals surface area contributed by atoms with Crippen LogP contribution in [0.1, 0.15) is 46.9 Å². The van der Waals surface area contributed by atoms with Crippen molar-refractivity contribution >= 4 is 17.7 Å². The number of rotatable bonds is 2. The molecule has 5 nitrogen and oxygen atoms in total. The van der Waals surface area contributed by atoms with Crippen molar-refractivity contribution in [1.82, 2.24) is 15.0 Å². The molecule has 1 aromatic carbocycles. The first-order valence-electron chi connectivity index (χ1n) is 8.51. The van der Waals surface area contributed by atoms with Gasteiger partial charge in [-0.1, -0.05) is 29.4 Å². The highest BCUT2D eigenvalue weighted by molar-refractivity contribution is 8.00. The third kappa shape index (κ3) is 2.95. The number of piperidine rings is 1. The van der Waals surface area contributed by atoms with Gasteiger partial charge in [0.15, 0.2) is 5.82 Å². The highest BCUT2D eigenvalue weighted by atomic mass is 32.2. The van der Waals surface area contributed by atoms with Crippen molar-refractivity contribution in [2.75, 3.05) is 18.8 Å². The second-order valence-electron chi connectivity index (χ2n) is 6.49. The van der Waals surface area contributed by atoms with E-state index in [0.29, 0.717) is 12.4 Å². The number of hydrogen-bond acceptors (Lipinski definition) is 5. The topological polar surface area (TPSA) is 59.2 Å². The molecule has 0 bridgehead atoms. The average Bonchev–Trinajstić information content (AvgIpc) is 3.07. The van der Waals surface area contributed by atoms with E-state index < -0.39 is 0 Å². The predicted molar refractivity (Wildman–Crippen MR) is 92.9 cm³/mol. The van der Waals surface area contributed by atoms with E-state index in [-0.39, 0.29) is 17.1 Å². The first kappa shape index (κ1) is 15.7. The van der Waals surface area contributed by atoms with E-state index >= 15 is 0 Å². The van der Waals surface area contributed by atoms with Gasteiger partial charge in [-0.25, -0.2) is 0 Å². The van der Waals surface area contributed by atoms with Crippen molar-refractivity contribution in [3.8, 4) is 0 Å². The summed E-state index contributed by atoms with van der Waals surface area (Å²) in [6.07, 6.45) is 3.05. The monoisotopic (exact) mass is 343 g/mol. The molecule has 0 aliphatic carbocycles. The Morgan fingerprint density at radius 3 is 3.08 bits per heavy atom. The SMILES string of the molecule is Cc1nc(C2CCCN(C(=O)C3SCCc4ccccc43)C2)no1. The van der Waals surface area contributed by atoms with E-state index in [9.17, 15) is 4.79 Å². The summed E-state index contributed by atoms with van der Waals surface area (Å²) in [4.78, 5) is 19.5. The number of carbonyl (C=O) groups is 1. The molecule has 4 rings (SSSR count). The van der Waals surface area contributed by atoms with Gasteiger partial charge in [0, 0.05) is 25.9 Å². The molecule has 2 aromatic rings. The summed E-state index contributed by atoms with van der Waals surface area (Å²) in [5.74, 6) is 2.75. The largest absolute Gasteiger partial charge is 0.341 e. The second kappa shape index (κ2) is 6.59. The fourth-order valence-electron chi connectivity index (χ4n) is 3.63. The molecule has 126 valence electrons. The Kier molecular flexibility index (Phi) is 4.31. The molecular weight excluding hydrogens is 322 g/mol. The molecule has 6 heteroatoms. The van der Waals surface area contributed by atoms with Crippen molar-refractivity contribution in [2.24, 2.45) is 0 Å². The molecule has 2 atom stereocenters. The molecule has 3 heterocycles. The third-order valence-electron chi connectivity index (χ3n) is 4.86. The number of thioether (sulfide) groups is 1. The van der Waals surface area contributed by atoms with E-state index in [1.165, 1.54) is 11.1 Å². The first-order valence-corrected chi connectivity index (χ1v) is 9.55. The van der Waals surface area contributed by atoms with Gasteiger partial charge in [0.1, 0.15) is 5.25 Å². The number of carbonyl (C=O) groups excluding carboxylic acids is 1. The van der Waals surface area contributed by atoms with Gasteiger partial charge < -0.3 is 9.42 Å². The fourth-order valence-corrected chi connectivity index (χ4v) is 4.91. The van der Waals surface area contributed by atoms with Gasteiger partial charge >= 0.3 is 0 Å². The van der Waals surface area contributed by atoms with Crippen LogP contribution in [0.4, 0.5) is 0 Å². The van der Waals surface area contributed by atoms with Gasteiger partial charge in [-0.05, 0) is 36.1 Å². The number of likely N-dealkylation sites (tertiary alicyclic amines) is 1. The van der Waals surface area contributed by atoms with Crippen molar-refractivity contribution in [1.29, 1.82) is 0 Å². The predicted octanol–water partition coefficient (Wildman–Crippen LogP) is 3.11. The summed E-state index contributed by atoms with van der Waals surface area (Å²) >= 11 is 1.77. The number of nitrogens with zero attached hydrogens (tertiary/aromatic N) is 3. The molecule has 1 aromatic heterocycles. The molecule has 0 radical (unpaired) electrons. The maximum absolute atomic E-state index is 13.1. The maximum Gasteiger partial charge on any atom is 0.240 e. The Bertz CT molecular complexity index is 745. The summed E-state index contributed by atoms with van der Waals surface area (Å²) in [6.45, 7) is 3.32. The molecule has 1 amide bonds. The zero-order chi connectivity index (χ0) is 16.5. The van der Waals surface area contributed by atoms with Crippen LogP contribution in [0.3, 0.4) is 0 Å². The summed E-state index contributed by atoms with van der Waals surface area (Å²) in [7, 11) is 0. The highest BCUT2D eigenvalue weighted by Crippen LogP contribution is 2.39. The Balaban J connectivity index is 1.52. The molecule has 2 unspecified atom stereocenters. The molecule has 0 spiro atoms. The molecule has 1 saturated heterocycles. The van der Waals surface area contributed by atoms with E-state index in [1.807, 2.05) is 11.0 Å². The van der Waals surface area contributed by atoms with E-state index in [1.54, 1.807) is 18.7 Å². The van der Waals surface area contributed by atoms with Gasteiger partial charge in [-0.15, -0.1) is 11.8 Å². The molecular formula is C18H21N3O2S. The second-order valence-corrected chi connectivity index (χ2v) is 7.71. The summed E-state index contributed by atoms with van der Waals surface area (Å²) in [5.41, 5.74) is 2.51. The van der Waals surface area contributed by atoms with Gasteiger partial charge in [0.25, 0.3) is 0 Å². The van der Waals surface area contributed by atoms with Crippen LogP contribution >= 0.6 is 11.8 Å². The zero-order valence-corrected chi connectivity index (χ0v) is 14.6. The molecule has 2 aliphatic rings. The minimum Gasteiger partial charge on any atom is -0.341 e. The lowest BCUT2D eigenvalue weighted by molar-refractivity contribution is -0.132. The van der Waals surface area contributed by atoms with Gasteiger partial charge in [0.2, 0.25) is 11.8 Å². The normalized spacial score (nSPS) is 23.8. The molecule has 1 fully saturated rings. The van der Waals surface area contributed by atoms with Gasteiger partial charge in [-0.3, -0.25) is 4.79 Å². The van der Waals surface area contributed by atoms with Crippen molar-refractivity contribution in [3.05, 3.63) is 47.1 Å². The smallest absolute Gasteiger partial charge is 0.240 e. The fraction of sp³-hybridized carbons (Fsp3) is 0.500. The van der Waals surface area contributed by atoms with Crippen LogP contribution in [-0.4, -0.2) is 39.8 Å². The zero-order valence-electron chi connectivity index (χ0n) is 13.8. The average molecular weight is 343 g/mol. The van der Waals surface area contributed by atoms with E-state index in [0.717, 1.165) is 37.4 Å². The summed E-state index contributed by atoms with van der Waals surface area (Å²) < 4.78 is 5.11. The van der Waals surface area contributed by atoms with E-state index in [2.05, 4.69) is 28.3 Å². The van der Waals surface area contributed by atoms with Crippen molar-refractivity contribution in [3.63, 3.8) is 0 Å². The lowest BCUT2D eigenvalue weighted by Crippen LogP contribution is -2.42. The lowest BCUT2D eigenvalue weighted by atomic mass is 9.95. The number of hydrogen-bond donors (Lipinski definition) is 0. The van der Waals surface area contributed by atoms with Crippen LogP contribution < -0.4 is 0 Å². The number of aromatic nitrogens is 2. The van der Waals surface area contributed by atoms with Gasteiger partial charge in [-0.2, -0.15) is 4.98 Å². The highest BCUT2D eigenvalue weighted by Gasteiger charge is 2.34. The Hall–Kier alpha value is -1.82. The van der Waals surface area contributed by atoms with Crippen molar-refractivity contribution < 1.29 is 9.32 Å². The van der Waals surface area contributed by atoms with Crippen LogP contribution in [-0.2, 0) is 11.2 Å². The van der Waals surface area contributed by atoms with Crippen LogP contribution in [0.5, 0.6) is 0 Å². The summed E-state index contributed by atoms with van der Waals surface area (Å²) in [6, 6.07) is 8.35. The molecule has 24 heavy (non-hydrogen) atoms. The number of benzene rings is 1. The number of aryl methyl sites for hydroxylation is 2. The van der Waals surface area contributed by atoms with Crippen LogP contribution in [0.25, 0.3) is 0 Å². The Morgan fingerprint density at radius 2 is 2.25 bits per heavy atom. The Labute approximate surface area is 145 Å².